The number of benzene rings is 1. The molecule has 1 aliphatic rings. The number of carbonyl (C=O) groups excluding carboxylic acids is 1. The van der Waals surface area contributed by atoms with Gasteiger partial charge in [-0.25, -0.2) is 5.48 Å². The van der Waals surface area contributed by atoms with E-state index >= 15 is 0 Å². The smallest absolute Gasteiger partial charge is 0.872 e. The number of amides is 1. The second kappa shape index (κ2) is 10.0. The Labute approximate surface area is 147 Å². The van der Waals surface area contributed by atoms with Crippen molar-refractivity contribution in [2.24, 2.45) is 5.92 Å². The van der Waals surface area contributed by atoms with Gasteiger partial charge in [-0.3, -0.25) is 9.63 Å². The van der Waals surface area contributed by atoms with E-state index in [4.69, 9.17) is 4.84 Å². The molecular weight excluding hydrogens is 277 g/mol. The van der Waals surface area contributed by atoms with Crippen molar-refractivity contribution in [3.8, 4) is 5.75 Å². The van der Waals surface area contributed by atoms with E-state index in [0.717, 1.165) is 5.56 Å². The first-order chi connectivity index (χ1) is 9.74. The van der Waals surface area contributed by atoms with Gasteiger partial charge in [0.05, 0.1) is 6.61 Å². The van der Waals surface area contributed by atoms with E-state index in [-0.39, 0.29) is 41.2 Å². The monoisotopic (exact) mass is 297 g/mol. The van der Waals surface area contributed by atoms with E-state index in [1.807, 2.05) is 0 Å². The van der Waals surface area contributed by atoms with Crippen LogP contribution in [0.5, 0.6) is 5.75 Å². The summed E-state index contributed by atoms with van der Waals surface area (Å²) >= 11 is 0. The maximum atomic E-state index is 11.5. The first kappa shape index (κ1) is 18.2. The Hall–Kier alpha value is -0.810. The van der Waals surface area contributed by atoms with Gasteiger partial charge in [0.2, 0.25) is 0 Å². The average Bonchev–Trinajstić information content (AvgIpc) is 2.48. The third kappa shape index (κ3) is 7.14. The molecule has 0 atom stereocenters. The molecule has 0 radical (unpaired) electrons. The average molecular weight is 297 g/mol. The van der Waals surface area contributed by atoms with Gasteiger partial charge < -0.3 is 5.11 Å². The van der Waals surface area contributed by atoms with Crippen LogP contribution < -0.4 is 40.1 Å². The predicted octanol–water partition coefficient (Wildman–Crippen LogP) is -0.594. The number of rotatable bonds is 5. The Morgan fingerprint density at radius 1 is 1.24 bits per heavy atom. The molecule has 0 bridgehead atoms. The van der Waals surface area contributed by atoms with Crippen molar-refractivity contribution in [3.63, 3.8) is 0 Å². The Balaban J connectivity index is 0.00000220. The number of carbonyl (C=O) groups is 1. The van der Waals surface area contributed by atoms with Crippen LogP contribution in [0.15, 0.2) is 30.3 Å². The molecule has 2 rings (SSSR count). The van der Waals surface area contributed by atoms with E-state index in [1.54, 1.807) is 18.2 Å². The van der Waals surface area contributed by atoms with Crippen LogP contribution in [0.3, 0.4) is 0 Å². The second-order valence-corrected chi connectivity index (χ2v) is 5.18. The van der Waals surface area contributed by atoms with E-state index in [9.17, 15) is 9.90 Å². The number of hydroxylamine groups is 1. The fraction of sp³-hybridized carbons (Fsp3) is 0.438. The summed E-state index contributed by atoms with van der Waals surface area (Å²) in [6, 6.07) is 6.29. The maximum Gasteiger partial charge on any atom is 1.00 e. The Kier molecular flexibility index (Phi) is 8.69. The van der Waals surface area contributed by atoms with Crippen molar-refractivity contribution in [2.45, 2.75) is 32.1 Å². The molecule has 5 heteroatoms. The minimum atomic E-state index is -0.285. The van der Waals surface area contributed by atoms with Gasteiger partial charge in [-0.15, -0.1) is 5.75 Å². The molecule has 108 valence electrons. The van der Waals surface area contributed by atoms with Gasteiger partial charge >= 0.3 is 29.6 Å². The van der Waals surface area contributed by atoms with Crippen LogP contribution in [0, 0.1) is 5.92 Å². The summed E-state index contributed by atoms with van der Waals surface area (Å²) in [7, 11) is 0. The molecule has 1 aliphatic carbocycles. The fourth-order valence-corrected chi connectivity index (χ4v) is 2.37. The molecule has 0 saturated heterocycles. The summed E-state index contributed by atoms with van der Waals surface area (Å²) in [5, 5.41) is 10.9. The topological polar surface area (TPSA) is 61.4 Å². The first-order valence-corrected chi connectivity index (χ1v) is 7.11. The van der Waals surface area contributed by atoms with Crippen molar-refractivity contribution in [2.75, 3.05) is 6.61 Å². The third-order valence-electron chi connectivity index (χ3n) is 3.52. The summed E-state index contributed by atoms with van der Waals surface area (Å²) in [5.74, 6) is 0.243. The van der Waals surface area contributed by atoms with Crippen molar-refractivity contribution in [3.05, 3.63) is 35.9 Å². The number of hydrogen-bond donors (Lipinski definition) is 1. The zero-order chi connectivity index (χ0) is 14.2. The molecule has 1 aromatic rings. The molecule has 0 spiro atoms. The number of hydrogen-bond acceptors (Lipinski definition) is 3. The largest absolute Gasteiger partial charge is 1.00 e. The Bertz CT molecular complexity index is 453. The molecule has 21 heavy (non-hydrogen) atoms. The van der Waals surface area contributed by atoms with Crippen molar-refractivity contribution < 1.29 is 44.3 Å². The molecule has 4 nitrogen and oxygen atoms in total. The fourth-order valence-electron chi connectivity index (χ4n) is 2.37. The van der Waals surface area contributed by atoms with Crippen LogP contribution in [0.1, 0.15) is 37.7 Å². The molecular formula is C16H20NNaO3. The molecule has 1 aromatic carbocycles. The molecule has 1 N–H and O–H groups in total. The van der Waals surface area contributed by atoms with E-state index in [0.29, 0.717) is 12.5 Å². The quantitative estimate of drug-likeness (QED) is 0.449. The Morgan fingerprint density at radius 3 is 2.57 bits per heavy atom. The van der Waals surface area contributed by atoms with Crippen LogP contribution in [0.25, 0.3) is 6.08 Å². The molecule has 1 amide bonds. The van der Waals surface area contributed by atoms with Crippen LogP contribution in [0.2, 0.25) is 0 Å². The molecule has 1 fully saturated rings. The van der Waals surface area contributed by atoms with Crippen molar-refractivity contribution >= 4 is 12.0 Å². The van der Waals surface area contributed by atoms with E-state index in [1.165, 1.54) is 50.3 Å². The van der Waals surface area contributed by atoms with Gasteiger partial charge in [-0.1, -0.05) is 43.5 Å². The zero-order valence-corrected chi connectivity index (χ0v) is 14.5. The van der Waals surface area contributed by atoms with Crippen LogP contribution in [-0.4, -0.2) is 12.5 Å². The maximum absolute atomic E-state index is 11.5. The second-order valence-electron chi connectivity index (χ2n) is 5.18. The molecule has 0 aromatic heterocycles. The molecule has 0 aliphatic heterocycles. The van der Waals surface area contributed by atoms with E-state index < -0.39 is 0 Å². The summed E-state index contributed by atoms with van der Waals surface area (Å²) in [6.45, 7) is 0.588. The van der Waals surface area contributed by atoms with Gasteiger partial charge in [0, 0.05) is 6.08 Å². The molecule has 0 unspecified atom stereocenters. The van der Waals surface area contributed by atoms with Gasteiger partial charge in [-0.2, -0.15) is 0 Å². The van der Waals surface area contributed by atoms with E-state index in [2.05, 4.69) is 5.48 Å². The van der Waals surface area contributed by atoms with Crippen LogP contribution in [-0.2, 0) is 9.63 Å². The summed E-state index contributed by atoms with van der Waals surface area (Å²) in [5.41, 5.74) is 3.24. The standard InChI is InChI=1S/C16H21NO3.Na/c18-15-9-6-13(7-10-15)8-11-16(19)17-20-12-14-4-2-1-3-5-14;/h6-11,14,18H,1-5,12H2,(H,17,19);/q;+1/p-1. The van der Waals surface area contributed by atoms with Crippen molar-refractivity contribution in [1.29, 1.82) is 0 Å². The van der Waals surface area contributed by atoms with Gasteiger partial charge in [0.25, 0.3) is 5.91 Å². The third-order valence-corrected chi connectivity index (χ3v) is 3.52. The van der Waals surface area contributed by atoms with Crippen molar-refractivity contribution in [1.82, 2.24) is 5.48 Å². The predicted molar refractivity (Wildman–Crippen MR) is 75.6 cm³/mol. The molecule has 0 heterocycles. The SMILES string of the molecule is O=C(C=Cc1ccc([O-])cc1)NOCC1CCCCC1.[Na+]. The summed E-state index contributed by atoms with van der Waals surface area (Å²) < 4.78 is 0. The normalized spacial score (nSPS) is 15.6. The summed E-state index contributed by atoms with van der Waals surface area (Å²) in [4.78, 5) is 16.8. The molecule has 1 saturated carbocycles. The minimum Gasteiger partial charge on any atom is -0.872 e. The zero-order valence-electron chi connectivity index (χ0n) is 12.5. The Morgan fingerprint density at radius 2 is 1.90 bits per heavy atom. The van der Waals surface area contributed by atoms with Gasteiger partial charge in [0.15, 0.2) is 0 Å². The van der Waals surface area contributed by atoms with Crippen LogP contribution in [0.4, 0.5) is 0 Å². The first-order valence-electron chi connectivity index (χ1n) is 7.11. The van der Waals surface area contributed by atoms with Crippen LogP contribution >= 0.6 is 0 Å². The summed E-state index contributed by atoms with van der Waals surface area (Å²) in [6.07, 6.45) is 9.27. The van der Waals surface area contributed by atoms with Gasteiger partial charge in [-0.05, 0) is 30.4 Å². The van der Waals surface area contributed by atoms with Gasteiger partial charge in [0.1, 0.15) is 0 Å². The minimum absolute atomic E-state index is 0. The number of nitrogens with one attached hydrogen (secondary N) is 1.